The molecule has 27 heavy (non-hydrogen) atoms. The van der Waals surface area contributed by atoms with E-state index in [4.69, 9.17) is 11.6 Å². The molecule has 0 atom stereocenters. The number of thiazole rings is 1. The summed E-state index contributed by atoms with van der Waals surface area (Å²) in [5.74, 6) is 0.881. The van der Waals surface area contributed by atoms with Crippen molar-refractivity contribution in [1.82, 2.24) is 14.3 Å². The zero-order valence-corrected chi connectivity index (χ0v) is 16.9. The molecule has 1 aromatic carbocycles. The minimum Gasteiger partial charge on any atom is -0.298 e. The van der Waals surface area contributed by atoms with E-state index in [1.54, 1.807) is 11.6 Å². The average Bonchev–Trinajstić information content (AvgIpc) is 3.22. The molecule has 0 unspecified atom stereocenters. The maximum Gasteiger partial charge on any atom is 0.281 e. The van der Waals surface area contributed by atoms with Gasteiger partial charge in [-0.3, -0.25) is 14.0 Å². The summed E-state index contributed by atoms with van der Waals surface area (Å²) in [5, 5.41) is 1.75. The average molecular weight is 423 g/mol. The molecule has 1 N–H and O–H groups in total. The lowest BCUT2D eigenvalue weighted by molar-refractivity contribution is 0.244. The second kappa shape index (κ2) is 6.48. The van der Waals surface area contributed by atoms with Crippen LogP contribution in [-0.4, -0.2) is 35.8 Å². The molecule has 3 heterocycles. The Hall–Kier alpha value is -1.61. The Balaban J connectivity index is 1.39. The highest BCUT2D eigenvalue weighted by Gasteiger charge is 2.28. The highest BCUT2D eigenvalue weighted by atomic mass is 35.5. The van der Waals surface area contributed by atoms with Gasteiger partial charge in [-0.25, -0.2) is 4.98 Å². The zero-order valence-electron chi connectivity index (χ0n) is 14.6. The monoisotopic (exact) mass is 422 g/mol. The van der Waals surface area contributed by atoms with Gasteiger partial charge >= 0.3 is 0 Å². The summed E-state index contributed by atoms with van der Waals surface area (Å²) in [6, 6.07) is 5.81. The van der Waals surface area contributed by atoms with Crippen LogP contribution in [0.4, 0.5) is 5.69 Å². The molecule has 1 fully saturated rings. The van der Waals surface area contributed by atoms with Crippen LogP contribution in [0.25, 0.3) is 4.96 Å². The number of hydrogen-bond acceptors (Lipinski definition) is 5. The Kier molecular flexibility index (Phi) is 4.19. The fourth-order valence-corrected chi connectivity index (χ4v) is 6.18. The molecular weight excluding hydrogens is 404 g/mol. The van der Waals surface area contributed by atoms with Gasteiger partial charge in [-0.2, -0.15) is 8.42 Å². The number of benzene rings is 1. The Morgan fingerprint density at radius 3 is 2.96 bits per heavy atom. The number of aromatic nitrogens is 2. The molecule has 6 nitrogen and oxygen atoms in total. The highest BCUT2D eigenvalue weighted by Crippen LogP contribution is 2.32. The fourth-order valence-electron chi connectivity index (χ4n) is 3.68. The van der Waals surface area contributed by atoms with E-state index in [0.29, 0.717) is 10.6 Å². The molecular formula is C18H19ClN4O2S2. The maximum absolute atomic E-state index is 12.9. The van der Waals surface area contributed by atoms with E-state index in [1.165, 1.54) is 46.3 Å². The van der Waals surface area contributed by atoms with Crippen LogP contribution < -0.4 is 4.72 Å². The van der Waals surface area contributed by atoms with Gasteiger partial charge < -0.3 is 0 Å². The predicted octanol–water partition coefficient (Wildman–Crippen LogP) is 3.62. The molecule has 0 bridgehead atoms. The Labute approximate surface area is 166 Å². The quantitative estimate of drug-likeness (QED) is 0.682. The topological polar surface area (TPSA) is 66.7 Å². The van der Waals surface area contributed by atoms with Crippen LogP contribution in [-0.2, 0) is 23.0 Å². The molecule has 0 spiro atoms. The van der Waals surface area contributed by atoms with Gasteiger partial charge in [-0.1, -0.05) is 17.7 Å². The first-order valence-electron chi connectivity index (χ1n) is 8.97. The van der Waals surface area contributed by atoms with Gasteiger partial charge in [-0.15, -0.1) is 11.3 Å². The van der Waals surface area contributed by atoms with Crippen molar-refractivity contribution >= 4 is 43.6 Å². The zero-order chi connectivity index (χ0) is 18.6. The van der Waals surface area contributed by atoms with E-state index < -0.39 is 10.0 Å². The summed E-state index contributed by atoms with van der Waals surface area (Å²) in [6.07, 6.45) is 5.33. The first kappa shape index (κ1) is 17.5. The van der Waals surface area contributed by atoms with Crippen molar-refractivity contribution < 1.29 is 8.42 Å². The van der Waals surface area contributed by atoms with E-state index in [9.17, 15) is 8.42 Å². The smallest absolute Gasteiger partial charge is 0.281 e. The van der Waals surface area contributed by atoms with Crippen LogP contribution >= 0.6 is 22.9 Å². The van der Waals surface area contributed by atoms with Gasteiger partial charge in [0.2, 0.25) is 0 Å². The Morgan fingerprint density at radius 1 is 1.30 bits per heavy atom. The minimum atomic E-state index is -3.83. The molecule has 2 aromatic heterocycles. The number of hydrogen-bond donors (Lipinski definition) is 1. The first-order chi connectivity index (χ1) is 13.0. The van der Waals surface area contributed by atoms with E-state index >= 15 is 0 Å². The van der Waals surface area contributed by atoms with Crippen molar-refractivity contribution in [3.8, 4) is 0 Å². The molecule has 5 rings (SSSR count). The van der Waals surface area contributed by atoms with E-state index in [-0.39, 0.29) is 10.2 Å². The van der Waals surface area contributed by atoms with E-state index in [1.807, 2.05) is 18.2 Å². The van der Waals surface area contributed by atoms with Crippen molar-refractivity contribution in [2.45, 2.75) is 30.8 Å². The fraction of sp³-hybridized carbons (Fsp3) is 0.389. The van der Waals surface area contributed by atoms with Gasteiger partial charge in [0.1, 0.15) is 0 Å². The number of nitrogens with zero attached hydrogens (tertiary/aromatic N) is 3. The van der Waals surface area contributed by atoms with E-state index in [2.05, 4.69) is 14.6 Å². The largest absolute Gasteiger partial charge is 0.298 e. The second-order valence-corrected chi connectivity index (χ2v) is 10.1. The Bertz CT molecular complexity index is 1120. The summed E-state index contributed by atoms with van der Waals surface area (Å²) in [4.78, 5) is 7.17. The minimum absolute atomic E-state index is 0.0111. The SMILES string of the molecule is O=S(=O)(Nc1ccc2c(c1)CCN(CC1CC1)C2)c1c(Cl)nc2sccn12. The van der Waals surface area contributed by atoms with Gasteiger partial charge in [0.25, 0.3) is 10.0 Å². The van der Waals surface area contributed by atoms with Crippen molar-refractivity contribution in [3.05, 3.63) is 46.1 Å². The van der Waals surface area contributed by atoms with Crippen LogP contribution in [0, 0.1) is 5.92 Å². The first-order valence-corrected chi connectivity index (χ1v) is 11.7. The summed E-state index contributed by atoms with van der Waals surface area (Å²) in [5.41, 5.74) is 3.06. The van der Waals surface area contributed by atoms with Crippen LogP contribution in [0.3, 0.4) is 0 Å². The summed E-state index contributed by atoms with van der Waals surface area (Å²) < 4.78 is 29.9. The van der Waals surface area contributed by atoms with Crippen molar-refractivity contribution in [2.75, 3.05) is 17.8 Å². The molecule has 2 aliphatic rings. The lowest BCUT2D eigenvalue weighted by Crippen LogP contribution is -2.32. The predicted molar refractivity (Wildman–Crippen MR) is 107 cm³/mol. The van der Waals surface area contributed by atoms with E-state index in [0.717, 1.165) is 25.4 Å². The molecule has 3 aromatic rings. The number of rotatable bonds is 5. The number of sulfonamides is 1. The van der Waals surface area contributed by atoms with Crippen LogP contribution in [0.15, 0.2) is 34.8 Å². The van der Waals surface area contributed by atoms with Crippen LogP contribution in [0.5, 0.6) is 0 Å². The lowest BCUT2D eigenvalue weighted by Gasteiger charge is -2.29. The van der Waals surface area contributed by atoms with Gasteiger partial charge in [0, 0.05) is 36.9 Å². The number of fused-ring (bicyclic) bond motifs is 2. The number of nitrogens with one attached hydrogen (secondary N) is 1. The van der Waals surface area contributed by atoms with Crippen LogP contribution in [0.2, 0.25) is 5.15 Å². The third-order valence-electron chi connectivity index (χ3n) is 5.20. The molecule has 1 saturated carbocycles. The molecule has 1 aliphatic carbocycles. The normalized spacial score (nSPS) is 18.0. The molecule has 0 amide bonds. The number of anilines is 1. The molecule has 0 saturated heterocycles. The standard InChI is InChI=1S/C18H19ClN4O2S2/c19-16-17(23-7-8-26-18(23)20-16)27(24,25)21-15-4-3-14-11-22(10-12-1-2-12)6-5-13(14)9-15/h3-4,7-9,12,21H,1-2,5-6,10-11H2. The Morgan fingerprint density at radius 2 is 2.15 bits per heavy atom. The third-order valence-corrected chi connectivity index (χ3v) is 7.73. The van der Waals surface area contributed by atoms with Gasteiger partial charge in [-0.05, 0) is 48.4 Å². The molecule has 142 valence electrons. The van der Waals surface area contributed by atoms with Crippen LogP contribution in [0.1, 0.15) is 24.0 Å². The summed E-state index contributed by atoms with van der Waals surface area (Å²) in [7, 11) is -3.83. The molecule has 1 aliphatic heterocycles. The highest BCUT2D eigenvalue weighted by molar-refractivity contribution is 7.92. The lowest BCUT2D eigenvalue weighted by atomic mass is 9.99. The van der Waals surface area contributed by atoms with Crippen molar-refractivity contribution in [3.63, 3.8) is 0 Å². The maximum atomic E-state index is 12.9. The number of imidazole rings is 1. The van der Waals surface area contributed by atoms with Crippen molar-refractivity contribution in [2.24, 2.45) is 5.92 Å². The second-order valence-electron chi connectivity index (χ2n) is 7.28. The van der Waals surface area contributed by atoms with Gasteiger partial charge in [0.15, 0.2) is 15.1 Å². The summed E-state index contributed by atoms with van der Waals surface area (Å²) in [6.45, 7) is 3.16. The number of halogens is 1. The van der Waals surface area contributed by atoms with Crippen molar-refractivity contribution in [1.29, 1.82) is 0 Å². The third kappa shape index (κ3) is 3.35. The summed E-state index contributed by atoms with van der Waals surface area (Å²) >= 11 is 7.43. The molecule has 9 heteroatoms. The molecule has 0 radical (unpaired) electrons. The van der Waals surface area contributed by atoms with Gasteiger partial charge in [0.05, 0.1) is 0 Å².